The Bertz CT molecular complexity index is 627. The van der Waals surface area contributed by atoms with E-state index < -0.39 is 11.0 Å². The molecular formula is C11H8N4O4. The molecule has 1 amide bonds. The number of carbonyl (C=O) groups is 1. The number of hydrogen-bond acceptors (Lipinski definition) is 6. The number of aromatic nitrogens is 2. The van der Waals surface area contributed by atoms with Crippen LogP contribution in [-0.4, -0.2) is 21.0 Å². The van der Waals surface area contributed by atoms with Crippen molar-refractivity contribution in [2.75, 3.05) is 0 Å². The first-order valence-electron chi connectivity index (χ1n) is 5.11. The van der Waals surface area contributed by atoms with Gasteiger partial charge in [-0.3, -0.25) is 10.1 Å². The Balaban J connectivity index is 2.30. The maximum Gasteiger partial charge on any atom is 0.412 e. The van der Waals surface area contributed by atoms with Gasteiger partial charge < -0.3 is 10.5 Å². The zero-order valence-corrected chi connectivity index (χ0v) is 9.52. The highest BCUT2D eigenvalue weighted by molar-refractivity contribution is 5.67. The molecule has 0 aliphatic heterocycles. The predicted molar refractivity (Wildman–Crippen MR) is 64.3 cm³/mol. The number of hydrogen-bond donors (Lipinski definition) is 1. The Kier molecular flexibility index (Phi) is 3.33. The Morgan fingerprint density at radius 3 is 2.53 bits per heavy atom. The van der Waals surface area contributed by atoms with E-state index in [0.717, 1.165) is 0 Å². The molecule has 1 heterocycles. The van der Waals surface area contributed by atoms with Crippen molar-refractivity contribution in [3.63, 3.8) is 0 Å². The normalized spacial score (nSPS) is 9.89. The molecular weight excluding hydrogens is 252 g/mol. The monoisotopic (exact) mass is 260 g/mol. The molecule has 0 unspecified atom stereocenters. The van der Waals surface area contributed by atoms with E-state index in [1.807, 2.05) is 0 Å². The summed E-state index contributed by atoms with van der Waals surface area (Å²) >= 11 is 0. The average molecular weight is 260 g/mol. The minimum absolute atomic E-state index is 0.0218. The van der Waals surface area contributed by atoms with Crippen molar-refractivity contribution in [1.29, 1.82) is 0 Å². The van der Waals surface area contributed by atoms with Crippen LogP contribution in [0.2, 0.25) is 0 Å². The quantitative estimate of drug-likeness (QED) is 0.659. The standard InChI is InChI=1S/C11H8N4O4/c12-10(16)19-11-13-6-5-9(14-11)7-1-3-8(4-2-7)15(17)18/h1-6H,(H2,12,16). The molecule has 0 spiro atoms. The van der Waals surface area contributed by atoms with Crippen molar-refractivity contribution in [2.24, 2.45) is 5.73 Å². The molecule has 0 bridgehead atoms. The number of nitrogens with two attached hydrogens (primary N) is 1. The molecule has 0 aliphatic rings. The third kappa shape index (κ3) is 3.00. The summed E-state index contributed by atoms with van der Waals surface area (Å²) in [6.45, 7) is 0. The fraction of sp³-hybridized carbons (Fsp3) is 0. The lowest BCUT2D eigenvalue weighted by atomic mass is 10.1. The van der Waals surface area contributed by atoms with Gasteiger partial charge in [-0.05, 0) is 18.2 Å². The van der Waals surface area contributed by atoms with Crippen LogP contribution < -0.4 is 10.5 Å². The molecule has 1 aromatic heterocycles. The Labute approximate surface area is 107 Å². The second-order valence-corrected chi connectivity index (χ2v) is 3.45. The fourth-order valence-corrected chi connectivity index (χ4v) is 1.39. The molecule has 96 valence electrons. The van der Waals surface area contributed by atoms with Gasteiger partial charge in [-0.15, -0.1) is 0 Å². The number of primary amides is 1. The molecule has 0 saturated carbocycles. The molecule has 1 aromatic carbocycles. The molecule has 2 aromatic rings. The molecule has 0 atom stereocenters. The Morgan fingerprint density at radius 2 is 1.95 bits per heavy atom. The summed E-state index contributed by atoms with van der Waals surface area (Å²) in [7, 11) is 0. The molecule has 2 N–H and O–H groups in total. The van der Waals surface area contributed by atoms with E-state index in [0.29, 0.717) is 11.3 Å². The van der Waals surface area contributed by atoms with Crippen LogP contribution >= 0.6 is 0 Å². The van der Waals surface area contributed by atoms with Gasteiger partial charge in [-0.1, -0.05) is 0 Å². The predicted octanol–water partition coefficient (Wildman–Crippen LogP) is 1.51. The molecule has 2 rings (SSSR count). The van der Waals surface area contributed by atoms with Crippen molar-refractivity contribution < 1.29 is 14.5 Å². The van der Waals surface area contributed by atoms with Crippen LogP contribution in [0.15, 0.2) is 36.5 Å². The topological polar surface area (TPSA) is 121 Å². The Morgan fingerprint density at radius 1 is 1.26 bits per heavy atom. The second-order valence-electron chi connectivity index (χ2n) is 3.45. The van der Waals surface area contributed by atoms with Gasteiger partial charge in [-0.25, -0.2) is 9.78 Å². The maximum absolute atomic E-state index is 10.6. The second kappa shape index (κ2) is 5.08. The number of carbonyl (C=O) groups excluding carboxylic acids is 1. The summed E-state index contributed by atoms with van der Waals surface area (Å²) in [4.78, 5) is 28.3. The highest BCUT2D eigenvalue weighted by Gasteiger charge is 2.08. The van der Waals surface area contributed by atoms with Crippen molar-refractivity contribution in [2.45, 2.75) is 0 Å². The van der Waals surface area contributed by atoms with Crippen molar-refractivity contribution >= 4 is 11.8 Å². The molecule has 0 radical (unpaired) electrons. The van der Waals surface area contributed by atoms with Gasteiger partial charge in [0.25, 0.3) is 5.69 Å². The van der Waals surface area contributed by atoms with E-state index >= 15 is 0 Å². The van der Waals surface area contributed by atoms with Crippen LogP contribution in [-0.2, 0) is 0 Å². The lowest BCUT2D eigenvalue weighted by Gasteiger charge is -2.02. The minimum atomic E-state index is -1.01. The first kappa shape index (κ1) is 12.4. The van der Waals surface area contributed by atoms with Gasteiger partial charge in [0.1, 0.15) is 0 Å². The van der Waals surface area contributed by atoms with Gasteiger partial charge in [0.05, 0.1) is 10.6 Å². The third-order valence-corrected chi connectivity index (χ3v) is 2.20. The van der Waals surface area contributed by atoms with E-state index in [1.165, 1.54) is 30.5 Å². The van der Waals surface area contributed by atoms with Crippen LogP contribution in [0.5, 0.6) is 6.01 Å². The van der Waals surface area contributed by atoms with E-state index in [-0.39, 0.29) is 11.7 Å². The number of benzene rings is 1. The summed E-state index contributed by atoms with van der Waals surface area (Å²) in [5.74, 6) is 0. The Hall–Kier alpha value is -3.03. The van der Waals surface area contributed by atoms with Crippen molar-refractivity contribution in [3.05, 3.63) is 46.6 Å². The maximum atomic E-state index is 10.6. The largest absolute Gasteiger partial charge is 0.412 e. The van der Waals surface area contributed by atoms with E-state index in [1.54, 1.807) is 6.07 Å². The molecule has 8 nitrogen and oxygen atoms in total. The lowest BCUT2D eigenvalue weighted by Crippen LogP contribution is -2.17. The average Bonchev–Trinajstić information content (AvgIpc) is 2.38. The van der Waals surface area contributed by atoms with E-state index in [4.69, 9.17) is 5.73 Å². The van der Waals surface area contributed by atoms with Crippen molar-refractivity contribution in [1.82, 2.24) is 9.97 Å². The molecule has 19 heavy (non-hydrogen) atoms. The highest BCUT2D eigenvalue weighted by atomic mass is 16.6. The summed E-state index contributed by atoms with van der Waals surface area (Å²) in [5.41, 5.74) is 5.91. The minimum Gasteiger partial charge on any atom is -0.374 e. The van der Waals surface area contributed by atoms with Gasteiger partial charge in [0.15, 0.2) is 0 Å². The summed E-state index contributed by atoms with van der Waals surface area (Å²) in [6.07, 6.45) is 0.378. The molecule has 0 fully saturated rings. The SMILES string of the molecule is NC(=O)Oc1nccc(-c2ccc([N+](=O)[O-])cc2)n1. The van der Waals surface area contributed by atoms with Crippen LogP contribution in [0, 0.1) is 10.1 Å². The number of nitrogens with zero attached hydrogens (tertiary/aromatic N) is 3. The van der Waals surface area contributed by atoms with Crippen molar-refractivity contribution in [3.8, 4) is 17.3 Å². The summed E-state index contributed by atoms with van der Waals surface area (Å²) in [6, 6.07) is 7.18. The first-order chi connectivity index (χ1) is 9.06. The number of amides is 1. The fourth-order valence-electron chi connectivity index (χ4n) is 1.39. The van der Waals surface area contributed by atoms with E-state index in [9.17, 15) is 14.9 Å². The van der Waals surface area contributed by atoms with Crippen LogP contribution in [0.3, 0.4) is 0 Å². The smallest absolute Gasteiger partial charge is 0.374 e. The van der Waals surface area contributed by atoms with Crippen LogP contribution in [0.4, 0.5) is 10.5 Å². The van der Waals surface area contributed by atoms with Gasteiger partial charge >= 0.3 is 12.1 Å². The number of nitro benzene ring substituents is 1. The number of nitro groups is 1. The first-order valence-corrected chi connectivity index (χ1v) is 5.11. The van der Waals surface area contributed by atoms with Gasteiger partial charge in [0.2, 0.25) is 0 Å². The zero-order valence-electron chi connectivity index (χ0n) is 9.52. The van der Waals surface area contributed by atoms with Crippen LogP contribution in [0.1, 0.15) is 0 Å². The van der Waals surface area contributed by atoms with E-state index in [2.05, 4.69) is 14.7 Å². The summed E-state index contributed by atoms with van der Waals surface area (Å²) < 4.78 is 4.55. The zero-order chi connectivity index (χ0) is 13.8. The summed E-state index contributed by atoms with van der Waals surface area (Å²) in [5, 5.41) is 10.5. The van der Waals surface area contributed by atoms with Gasteiger partial charge in [-0.2, -0.15) is 4.98 Å². The molecule has 8 heteroatoms. The molecule has 0 saturated heterocycles. The van der Waals surface area contributed by atoms with Gasteiger partial charge in [0, 0.05) is 23.9 Å². The highest BCUT2D eigenvalue weighted by Crippen LogP contribution is 2.21. The number of rotatable bonds is 3. The third-order valence-electron chi connectivity index (χ3n) is 2.20. The molecule has 0 aliphatic carbocycles. The lowest BCUT2D eigenvalue weighted by molar-refractivity contribution is -0.384. The number of non-ortho nitro benzene ring substituents is 1. The van der Waals surface area contributed by atoms with Crippen LogP contribution in [0.25, 0.3) is 11.3 Å². The number of ether oxygens (including phenoxy) is 1.